The molecule has 5 atom stereocenters. The largest absolute Gasteiger partial charge is 0.313 e. The summed E-state index contributed by atoms with van der Waals surface area (Å²) in [6.45, 7) is 12.4. The number of fused-ring (bicyclic) bond motifs is 1. The van der Waals surface area contributed by atoms with E-state index >= 15 is 0 Å². The van der Waals surface area contributed by atoms with Crippen LogP contribution in [0.3, 0.4) is 0 Å². The lowest BCUT2D eigenvalue weighted by molar-refractivity contribution is -0.0832. The molecule has 0 aromatic rings. The third kappa shape index (κ3) is 1.77. The van der Waals surface area contributed by atoms with E-state index in [4.69, 9.17) is 0 Å². The van der Waals surface area contributed by atoms with Gasteiger partial charge in [-0.2, -0.15) is 0 Å². The topological polar surface area (TPSA) is 12.0 Å². The minimum atomic E-state index is 0.388. The van der Waals surface area contributed by atoms with Crippen LogP contribution in [0.15, 0.2) is 0 Å². The third-order valence-corrected chi connectivity index (χ3v) is 6.59. The van der Waals surface area contributed by atoms with Crippen molar-refractivity contribution >= 4 is 0 Å². The molecule has 0 spiro atoms. The van der Waals surface area contributed by atoms with E-state index in [2.05, 4.69) is 47.0 Å². The first-order valence-electron chi connectivity index (χ1n) is 7.55. The molecule has 0 bridgehead atoms. The van der Waals surface area contributed by atoms with Gasteiger partial charge in [-0.3, -0.25) is 0 Å². The van der Waals surface area contributed by atoms with Crippen LogP contribution in [0, 0.1) is 29.1 Å². The summed E-state index contributed by atoms with van der Waals surface area (Å²) in [4.78, 5) is 0. The minimum absolute atomic E-state index is 0.388. The highest BCUT2D eigenvalue weighted by atomic mass is 15.0. The van der Waals surface area contributed by atoms with Crippen molar-refractivity contribution in [2.45, 2.75) is 65.8 Å². The van der Waals surface area contributed by atoms with Gasteiger partial charge in [0.05, 0.1) is 0 Å². The summed E-state index contributed by atoms with van der Waals surface area (Å²) in [5.74, 6) is 3.39. The molecule has 2 aliphatic carbocycles. The molecular weight excluding hydrogens is 206 g/mol. The van der Waals surface area contributed by atoms with Crippen LogP contribution in [0.25, 0.3) is 0 Å². The van der Waals surface area contributed by atoms with Gasteiger partial charge in [0.2, 0.25) is 0 Å². The first kappa shape index (κ1) is 13.4. The first-order chi connectivity index (χ1) is 7.86. The van der Waals surface area contributed by atoms with Gasteiger partial charge in [-0.05, 0) is 55.4 Å². The van der Waals surface area contributed by atoms with Gasteiger partial charge in [0.25, 0.3) is 0 Å². The summed E-state index contributed by atoms with van der Waals surface area (Å²) in [7, 11) is 2.21. The van der Waals surface area contributed by atoms with Gasteiger partial charge >= 0.3 is 0 Å². The Morgan fingerprint density at radius 1 is 1.00 bits per heavy atom. The van der Waals surface area contributed by atoms with Gasteiger partial charge in [0.1, 0.15) is 0 Å². The average Bonchev–Trinajstić information content (AvgIpc) is 2.28. The van der Waals surface area contributed by atoms with Crippen molar-refractivity contribution in [2.75, 3.05) is 7.05 Å². The van der Waals surface area contributed by atoms with Gasteiger partial charge in [0.15, 0.2) is 0 Å². The second-order valence-corrected chi connectivity index (χ2v) is 7.49. The Hall–Kier alpha value is -0.0400. The van der Waals surface area contributed by atoms with E-state index in [0.29, 0.717) is 11.0 Å². The summed E-state index contributed by atoms with van der Waals surface area (Å²) < 4.78 is 0. The lowest BCUT2D eigenvalue weighted by Crippen LogP contribution is -2.67. The van der Waals surface area contributed by atoms with Gasteiger partial charge in [-0.15, -0.1) is 0 Å². The lowest BCUT2D eigenvalue weighted by Gasteiger charge is -2.62. The molecule has 2 fully saturated rings. The zero-order valence-electron chi connectivity index (χ0n) is 12.6. The van der Waals surface area contributed by atoms with E-state index in [0.717, 1.165) is 23.7 Å². The number of hydrogen-bond donors (Lipinski definition) is 1. The van der Waals surface area contributed by atoms with Crippen LogP contribution >= 0.6 is 0 Å². The number of rotatable bonds is 1. The fourth-order valence-electron chi connectivity index (χ4n) is 5.10. The molecule has 0 radical (unpaired) electrons. The van der Waals surface area contributed by atoms with E-state index in [1.165, 1.54) is 25.7 Å². The van der Waals surface area contributed by atoms with Crippen LogP contribution < -0.4 is 5.32 Å². The fraction of sp³-hybridized carbons (Fsp3) is 1.00. The van der Waals surface area contributed by atoms with Crippen molar-refractivity contribution in [2.24, 2.45) is 29.1 Å². The van der Waals surface area contributed by atoms with Crippen LogP contribution in [0.2, 0.25) is 0 Å². The average molecular weight is 237 g/mol. The predicted molar refractivity (Wildman–Crippen MR) is 75.0 cm³/mol. The molecule has 17 heavy (non-hydrogen) atoms. The second kappa shape index (κ2) is 4.26. The first-order valence-corrected chi connectivity index (χ1v) is 7.55. The molecule has 2 aliphatic rings. The fourth-order valence-corrected chi connectivity index (χ4v) is 5.10. The third-order valence-electron chi connectivity index (χ3n) is 6.59. The van der Waals surface area contributed by atoms with E-state index < -0.39 is 0 Å². The highest BCUT2D eigenvalue weighted by Gasteiger charge is 2.56. The Balaban J connectivity index is 2.41. The molecule has 2 rings (SSSR count). The van der Waals surface area contributed by atoms with Gasteiger partial charge in [-0.1, -0.05) is 41.0 Å². The van der Waals surface area contributed by atoms with Crippen LogP contribution in [0.5, 0.6) is 0 Å². The van der Waals surface area contributed by atoms with E-state index in [1.54, 1.807) is 0 Å². The summed E-state index contributed by atoms with van der Waals surface area (Å²) >= 11 is 0. The van der Waals surface area contributed by atoms with Crippen LogP contribution in [-0.2, 0) is 0 Å². The van der Waals surface area contributed by atoms with Crippen LogP contribution in [0.1, 0.15) is 60.3 Å². The van der Waals surface area contributed by atoms with Crippen molar-refractivity contribution in [1.29, 1.82) is 0 Å². The van der Waals surface area contributed by atoms with Crippen molar-refractivity contribution in [1.82, 2.24) is 5.32 Å². The van der Waals surface area contributed by atoms with Crippen LogP contribution in [0.4, 0.5) is 0 Å². The molecule has 0 aromatic heterocycles. The smallest absolute Gasteiger partial charge is 0.0265 e. The Morgan fingerprint density at radius 3 is 2.24 bits per heavy atom. The SMILES string of the molecule is CN[C@]12[C@H](CCC(C)(C)[C@@H]1C)[C@@H](C)CC[C@@H]2C. The van der Waals surface area contributed by atoms with E-state index in [1.807, 2.05) is 0 Å². The quantitative estimate of drug-likeness (QED) is 0.724. The summed E-state index contributed by atoms with van der Waals surface area (Å²) in [5.41, 5.74) is 0.879. The van der Waals surface area contributed by atoms with Gasteiger partial charge in [0, 0.05) is 5.54 Å². The maximum atomic E-state index is 3.80. The minimum Gasteiger partial charge on any atom is -0.313 e. The molecule has 0 saturated heterocycles. The van der Waals surface area contributed by atoms with Crippen molar-refractivity contribution < 1.29 is 0 Å². The Bertz CT molecular complexity index is 279. The molecule has 100 valence electrons. The molecule has 1 heteroatoms. The van der Waals surface area contributed by atoms with Crippen molar-refractivity contribution in [3.05, 3.63) is 0 Å². The van der Waals surface area contributed by atoms with E-state index in [-0.39, 0.29) is 0 Å². The maximum Gasteiger partial charge on any atom is 0.0265 e. The predicted octanol–water partition coefficient (Wildman–Crippen LogP) is 4.08. The molecule has 0 aromatic carbocycles. The Morgan fingerprint density at radius 2 is 1.65 bits per heavy atom. The normalized spacial score (nSPS) is 49.8. The molecule has 0 amide bonds. The molecule has 1 N–H and O–H groups in total. The standard InChI is InChI=1S/C16H31N/c1-11-7-8-12(2)16(17-6)13(3)15(4,5)10-9-14(11)16/h11-14,17H,7-10H2,1-6H3/t11-,12-,13-,14+,16-/m0/s1. The lowest BCUT2D eigenvalue weighted by atomic mass is 9.47. The molecule has 1 nitrogen and oxygen atoms in total. The number of hydrogen-bond acceptors (Lipinski definition) is 1. The van der Waals surface area contributed by atoms with Crippen molar-refractivity contribution in [3.63, 3.8) is 0 Å². The Kier molecular flexibility index (Phi) is 3.36. The molecule has 0 unspecified atom stereocenters. The summed E-state index contributed by atoms with van der Waals surface area (Å²) in [5, 5.41) is 3.80. The summed E-state index contributed by atoms with van der Waals surface area (Å²) in [6.07, 6.45) is 5.66. The number of nitrogens with one attached hydrogen (secondary N) is 1. The second-order valence-electron chi connectivity index (χ2n) is 7.49. The zero-order valence-corrected chi connectivity index (χ0v) is 12.6. The maximum absolute atomic E-state index is 3.80. The van der Waals surface area contributed by atoms with Gasteiger partial charge < -0.3 is 5.32 Å². The van der Waals surface area contributed by atoms with Crippen LogP contribution in [-0.4, -0.2) is 12.6 Å². The highest BCUT2D eigenvalue weighted by molar-refractivity contribution is 5.11. The van der Waals surface area contributed by atoms with E-state index in [9.17, 15) is 0 Å². The molecular formula is C16H31N. The zero-order chi connectivity index (χ0) is 12.8. The Labute approximate surface area is 108 Å². The monoisotopic (exact) mass is 237 g/mol. The molecule has 2 saturated carbocycles. The van der Waals surface area contributed by atoms with Gasteiger partial charge in [-0.25, -0.2) is 0 Å². The highest BCUT2D eigenvalue weighted by Crippen LogP contribution is 2.57. The van der Waals surface area contributed by atoms with Crippen molar-refractivity contribution in [3.8, 4) is 0 Å². The summed E-state index contributed by atoms with van der Waals surface area (Å²) in [6, 6.07) is 0. The molecule has 0 aliphatic heterocycles. The molecule has 0 heterocycles.